The number of aryl methyl sites for hydroxylation is 2. The molecule has 1 heterocycles. The third-order valence-electron chi connectivity index (χ3n) is 3.49. The van der Waals surface area contributed by atoms with Crippen LogP contribution in [-0.2, 0) is 11.2 Å². The Morgan fingerprint density at radius 1 is 1.23 bits per heavy atom. The molecule has 13 heavy (non-hydrogen) atoms. The van der Waals surface area contributed by atoms with E-state index in [1.807, 2.05) is 13.8 Å². The Balaban J connectivity index is 2.19. The maximum absolute atomic E-state index is 11.4. The van der Waals surface area contributed by atoms with Crippen molar-refractivity contribution in [2.24, 2.45) is 5.92 Å². The monoisotopic (exact) mass is 176 g/mol. The maximum Gasteiger partial charge on any atom is 0.141 e. The zero-order valence-corrected chi connectivity index (χ0v) is 7.89. The molecule has 0 bridgehead atoms. The molecule has 0 saturated heterocycles. The van der Waals surface area contributed by atoms with Crippen LogP contribution in [0.4, 0.5) is 0 Å². The zero-order chi connectivity index (χ0) is 9.16. The minimum Gasteiger partial charge on any atom is -0.466 e. The van der Waals surface area contributed by atoms with Crippen LogP contribution in [0.1, 0.15) is 35.0 Å². The van der Waals surface area contributed by atoms with Gasteiger partial charge in [-0.15, -0.1) is 0 Å². The quantitative estimate of drug-likeness (QED) is 0.606. The molecule has 68 valence electrons. The molecule has 0 spiro atoms. The minimum atomic E-state index is 0.201. The van der Waals surface area contributed by atoms with Crippen LogP contribution in [0, 0.1) is 19.8 Å². The second-order valence-electron chi connectivity index (χ2n) is 4.22. The average Bonchev–Trinajstić information content (AvgIpc) is 2.48. The van der Waals surface area contributed by atoms with Gasteiger partial charge < -0.3 is 4.42 Å². The topological polar surface area (TPSA) is 30.2 Å². The summed E-state index contributed by atoms with van der Waals surface area (Å²) >= 11 is 0. The number of hydrogen-bond donors (Lipinski definition) is 0. The highest BCUT2D eigenvalue weighted by atomic mass is 16.3. The molecule has 2 unspecified atom stereocenters. The molecule has 0 N–H and O–H groups in total. The van der Waals surface area contributed by atoms with Crippen LogP contribution < -0.4 is 0 Å². The van der Waals surface area contributed by atoms with E-state index in [-0.39, 0.29) is 5.92 Å². The van der Waals surface area contributed by atoms with Crippen LogP contribution in [0.2, 0.25) is 0 Å². The smallest absolute Gasteiger partial charge is 0.141 e. The van der Waals surface area contributed by atoms with Crippen molar-refractivity contribution in [1.82, 2.24) is 0 Å². The lowest BCUT2D eigenvalue weighted by Crippen LogP contribution is -2.31. The third kappa shape index (κ3) is 0.718. The standard InChI is InChI=1S/C11H12O2/c1-5-8-3-7-4-9(12)11(7)10(8)6(2)13-5/h7,11H,3-4H2,1-2H3. The van der Waals surface area contributed by atoms with E-state index in [2.05, 4.69) is 0 Å². The molecule has 2 aliphatic carbocycles. The van der Waals surface area contributed by atoms with E-state index in [9.17, 15) is 4.79 Å². The van der Waals surface area contributed by atoms with Crippen molar-refractivity contribution in [3.63, 3.8) is 0 Å². The van der Waals surface area contributed by atoms with E-state index in [0.717, 1.165) is 24.4 Å². The highest BCUT2D eigenvalue weighted by molar-refractivity contribution is 5.94. The van der Waals surface area contributed by atoms with Gasteiger partial charge in [-0.05, 0) is 31.7 Å². The van der Waals surface area contributed by atoms with Gasteiger partial charge in [-0.3, -0.25) is 4.79 Å². The Hall–Kier alpha value is -1.05. The summed E-state index contributed by atoms with van der Waals surface area (Å²) in [4.78, 5) is 11.4. The second kappa shape index (κ2) is 2.06. The molecule has 0 radical (unpaired) electrons. The molecular formula is C11H12O2. The van der Waals surface area contributed by atoms with Crippen molar-refractivity contribution in [2.75, 3.05) is 0 Å². The Kier molecular flexibility index (Phi) is 1.17. The lowest BCUT2D eigenvalue weighted by Gasteiger charge is -2.28. The minimum absolute atomic E-state index is 0.201. The first-order chi connectivity index (χ1) is 6.18. The number of fused-ring (bicyclic) bond motifs is 3. The van der Waals surface area contributed by atoms with E-state index in [0.29, 0.717) is 11.7 Å². The molecule has 2 aliphatic rings. The first kappa shape index (κ1) is 7.36. The number of furan rings is 1. The van der Waals surface area contributed by atoms with Gasteiger partial charge in [0.25, 0.3) is 0 Å². The molecule has 2 heteroatoms. The van der Waals surface area contributed by atoms with Crippen molar-refractivity contribution >= 4 is 5.78 Å². The first-order valence-electron chi connectivity index (χ1n) is 4.80. The fourth-order valence-electron chi connectivity index (χ4n) is 2.86. The molecule has 1 aromatic rings. The molecule has 1 saturated carbocycles. The molecule has 0 aliphatic heterocycles. The Morgan fingerprint density at radius 2 is 2.00 bits per heavy atom. The summed E-state index contributed by atoms with van der Waals surface area (Å²) in [5, 5.41) is 0. The van der Waals surface area contributed by atoms with E-state index in [1.54, 1.807) is 0 Å². The number of ketones is 1. The van der Waals surface area contributed by atoms with Crippen molar-refractivity contribution in [3.8, 4) is 0 Å². The number of carbonyl (C=O) groups is 1. The summed E-state index contributed by atoms with van der Waals surface area (Å²) in [7, 11) is 0. The third-order valence-corrected chi connectivity index (χ3v) is 3.49. The number of rotatable bonds is 0. The largest absolute Gasteiger partial charge is 0.466 e. The molecule has 2 nitrogen and oxygen atoms in total. The van der Waals surface area contributed by atoms with Gasteiger partial charge in [0.15, 0.2) is 0 Å². The van der Waals surface area contributed by atoms with Gasteiger partial charge in [-0.25, -0.2) is 0 Å². The van der Waals surface area contributed by atoms with E-state index >= 15 is 0 Å². The summed E-state index contributed by atoms with van der Waals surface area (Å²) in [6.07, 6.45) is 1.85. The normalized spacial score (nSPS) is 29.8. The molecule has 1 aromatic heterocycles. The fourth-order valence-corrected chi connectivity index (χ4v) is 2.86. The van der Waals surface area contributed by atoms with E-state index in [4.69, 9.17) is 4.42 Å². The zero-order valence-electron chi connectivity index (χ0n) is 7.89. The SMILES string of the molecule is Cc1oc(C)c2c1CC1CC(=O)C21. The summed E-state index contributed by atoms with van der Waals surface area (Å²) in [6, 6.07) is 0. The Bertz CT molecular complexity index is 400. The second-order valence-corrected chi connectivity index (χ2v) is 4.22. The summed E-state index contributed by atoms with van der Waals surface area (Å²) in [6.45, 7) is 3.97. The molecular weight excluding hydrogens is 164 g/mol. The van der Waals surface area contributed by atoms with Crippen molar-refractivity contribution in [1.29, 1.82) is 0 Å². The first-order valence-corrected chi connectivity index (χ1v) is 4.80. The number of Topliss-reactive ketones (excluding diaryl/α,β-unsaturated/α-hetero) is 1. The van der Waals surface area contributed by atoms with Crippen LogP contribution in [-0.4, -0.2) is 5.78 Å². The van der Waals surface area contributed by atoms with Crippen molar-refractivity contribution < 1.29 is 9.21 Å². The Morgan fingerprint density at radius 3 is 2.69 bits per heavy atom. The van der Waals surface area contributed by atoms with Gasteiger partial charge in [0.1, 0.15) is 17.3 Å². The van der Waals surface area contributed by atoms with Crippen LogP contribution >= 0.6 is 0 Å². The van der Waals surface area contributed by atoms with E-state index < -0.39 is 0 Å². The van der Waals surface area contributed by atoms with Gasteiger partial charge in [0.05, 0.1) is 0 Å². The van der Waals surface area contributed by atoms with Crippen LogP contribution in [0.5, 0.6) is 0 Å². The van der Waals surface area contributed by atoms with Crippen molar-refractivity contribution in [2.45, 2.75) is 32.6 Å². The summed E-state index contributed by atoms with van der Waals surface area (Å²) in [5.41, 5.74) is 2.54. The van der Waals surface area contributed by atoms with Crippen molar-refractivity contribution in [3.05, 3.63) is 22.6 Å². The maximum atomic E-state index is 11.4. The Labute approximate surface area is 76.9 Å². The van der Waals surface area contributed by atoms with Gasteiger partial charge >= 0.3 is 0 Å². The molecule has 3 rings (SSSR count). The predicted octanol–water partition coefficient (Wildman–Crippen LogP) is 2.13. The van der Waals surface area contributed by atoms with Gasteiger partial charge in [0, 0.05) is 17.9 Å². The molecule has 0 aromatic carbocycles. The van der Waals surface area contributed by atoms with Crippen LogP contribution in [0.3, 0.4) is 0 Å². The molecule has 0 amide bonds. The molecule has 1 fully saturated rings. The highest BCUT2D eigenvalue weighted by Crippen LogP contribution is 2.51. The summed E-state index contributed by atoms with van der Waals surface area (Å²) < 4.78 is 5.54. The van der Waals surface area contributed by atoms with Gasteiger partial charge in [-0.2, -0.15) is 0 Å². The number of hydrogen-bond acceptors (Lipinski definition) is 2. The summed E-state index contributed by atoms with van der Waals surface area (Å²) in [5.74, 6) is 3.20. The fraction of sp³-hybridized carbons (Fsp3) is 0.545. The average molecular weight is 176 g/mol. The van der Waals surface area contributed by atoms with Crippen LogP contribution in [0.15, 0.2) is 4.42 Å². The lowest BCUT2D eigenvalue weighted by atomic mass is 9.73. The van der Waals surface area contributed by atoms with Crippen LogP contribution in [0.25, 0.3) is 0 Å². The number of carbonyl (C=O) groups excluding carboxylic acids is 1. The van der Waals surface area contributed by atoms with E-state index in [1.165, 1.54) is 11.1 Å². The van der Waals surface area contributed by atoms with Gasteiger partial charge in [-0.1, -0.05) is 0 Å². The molecule has 2 atom stereocenters. The van der Waals surface area contributed by atoms with Gasteiger partial charge in [0.2, 0.25) is 0 Å². The highest BCUT2D eigenvalue weighted by Gasteiger charge is 2.48. The predicted molar refractivity (Wildman–Crippen MR) is 47.7 cm³/mol. The lowest BCUT2D eigenvalue weighted by molar-refractivity contribution is -0.128.